The van der Waals surface area contributed by atoms with Gasteiger partial charge in [0.05, 0.1) is 12.2 Å². The van der Waals surface area contributed by atoms with E-state index in [2.05, 4.69) is 19.1 Å². The van der Waals surface area contributed by atoms with E-state index >= 15 is 0 Å². The molecule has 0 unspecified atom stereocenters. The smallest absolute Gasteiger partial charge is 0.0908 e. The van der Waals surface area contributed by atoms with Crippen LogP contribution in [0.15, 0.2) is 12.2 Å². The maximum atomic E-state index is 8.57. The van der Waals surface area contributed by atoms with E-state index in [0.717, 1.165) is 18.4 Å². The van der Waals surface area contributed by atoms with Crippen LogP contribution in [0.2, 0.25) is 0 Å². The monoisotopic (exact) mass is 289 g/mol. The van der Waals surface area contributed by atoms with Crippen molar-refractivity contribution >= 4 is 0 Å². The van der Waals surface area contributed by atoms with Crippen molar-refractivity contribution in [3.05, 3.63) is 12.2 Å². The normalized spacial score (nSPS) is 33.9. The van der Waals surface area contributed by atoms with Gasteiger partial charge in [-0.1, -0.05) is 38.7 Å². The van der Waals surface area contributed by atoms with Crippen LogP contribution < -0.4 is 0 Å². The van der Waals surface area contributed by atoms with E-state index in [1.54, 1.807) is 6.08 Å². The molecule has 0 radical (unpaired) electrons. The minimum atomic E-state index is 0.477. The lowest BCUT2D eigenvalue weighted by atomic mass is 9.80. The van der Waals surface area contributed by atoms with Gasteiger partial charge in [-0.3, -0.25) is 0 Å². The number of hydrogen-bond donors (Lipinski definition) is 0. The second-order valence-corrected chi connectivity index (χ2v) is 7.03. The lowest BCUT2D eigenvalue weighted by Gasteiger charge is -2.31. The molecule has 2 nitrogen and oxygen atoms in total. The molecule has 2 rings (SSSR count). The Morgan fingerprint density at radius 1 is 1.00 bits per heavy atom. The number of nitrogens with zero attached hydrogens (tertiary/aromatic N) is 1. The van der Waals surface area contributed by atoms with Crippen LogP contribution in [0, 0.1) is 29.1 Å². The van der Waals surface area contributed by atoms with Crippen LogP contribution in [0.3, 0.4) is 0 Å². The van der Waals surface area contributed by atoms with Gasteiger partial charge in [0, 0.05) is 12.7 Å². The molecule has 2 saturated carbocycles. The average Bonchev–Trinajstić information content (AvgIpc) is 2.53. The van der Waals surface area contributed by atoms with E-state index in [4.69, 9.17) is 10.00 Å². The van der Waals surface area contributed by atoms with E-state index in [0.29, 0.717) is 12.0 Å². The first-order chi connectivity index (χ1) is 10.3. The van der Waals surface area contributed by atoms with Crippen molar-refractivity contribution in [1.82, 2.24) is 0 Å². The Morgan fingerprint density at radius 2 is 1.67 bits per heavy atom. The predicted molar refractivity (Wildman–Crippen MR) is 86.8 cm³/mol. The number of hydrogen-bond acceptors (Lipinski definition) is 2. The highest BCUT2D eigenvalue weighted by molar-refractivity contribution is 5.04. The first-order valence-corrected chi connectivity index (χ1v) is 8.99. The molecule has 2 heteroatoms. The molecular weight excluding hydrogens is 258 g/mol. The lowest BCUT2D eigenvalue weighted by Crippen LogP contribution is -2.25. The molecule has 0 bridgehead atoms. The number of nitriles is 1. The lowest BCUT2D eigenvalue weighted by molar-refractivity contribution is -0.00658. The van der Waals surface area contributed by atoms with E-state index in [9.17, 15) is 0 Å². The summed E-state index contributed by atoms with van der Waals surface area (Å²) >= 11 is 0. The quantitative estimate of drug-likeness (QED) is 0.626. The van der Waals surface area contributed by atoms with Gasteiger partial charge in [-0.2, -0.15) is 5.26 Å². The Labute approximate surface area is 130 Å². The fourth-order valence-corrected chi connectivity index (χ4v) is 3.99. The molecule has 0 saturated heterocycles. The van der Waals surface area contributed by atoms with E-state index in [-0.39, 0.29) is 0 Å². The van der Waals surface area contributed by atoms with Crippen LogP contribution in [0.25, 0.3) is 0 Å². The van der Waals surface area contributed by atoms with Crippen LogP contribution in [-0.2, 0) is 4.74 Å². The minimum absolute atomic E-state index is 0.477. The highest BCUT2D eigenvalue weighted by Gasteiger charge is 2.24. The fourth-order valence-electron chi connectivity index (χ4n) is 3.99. The molecule has 21 heavy (non-hydrogen) atoms. The molecule has 0 aromatic heterocycles. The van der Waals surface area contributed by atoms with Crippen LogP contribution in [-0.4, -0.2) is 12.7 Å². The number of rotatable bonds is 6. The second kappa shape index (κ2) is 9.26. The van der Waals surface area contributed by atoms with Crippen molar-refractivity contribution in [2.75, 3.05) is 6.61 Å². The minimum Gasteiger partial charge on any atom is -0.378 e. The van der Waals surface area contributed by atoms with Gasteiger partial charge in [-0.15, -0.1) is 0 Å². The zero-order chi connectivity index (χ0) is 14.9. The summed E-state index contributed by atoms with van der Waals surface area (Å²) in [5.41, 5.74) is 0. The van der Waals surface area contributed by atoms with E-state index in [1.807, 2.05) is 0 Å². The van der Waals surface area contributed by atoms with Gasteiger partial charge in [0.15, 0.2) is 0 Å². The summed E-state index contributed by atoms with van der Waals surface area (Å²) in [7, 11) is 0. The summed E-state index contributed by atoms with van der Waals surface area (Å²) in [6.45, 7) is 3.29. The van der Waals surface area contributed by atoms with Crippen molar-refractivity contribution in [1.29, 1.82) is 5.26 Å². The maximum Gasteiger partial charge on any atom is 0.0908 e. The molecule has 0 aliphatic heterocycles. The van der Waals surface area contributed by atoms with E-state index < -0.39 is 0 Å². The van der Waals surface area contributed by atoms with Gasteiger partial charge in [0.2, 0.25) is 0 Å². The van der Waals surface area contributed by atoms with Gasteiger partial charge in [0.1, 0.15) is 0 Å². The fraction of sp³-hybridized carbons (Fsp3) is 0.842. The van der Waals surface area contributed by atoms with Gasteiger partial charge in [-0.05, 0) is 56.3 Å². The highest BCUT2D eigenvalue weighted by atomic mass is 16.5. The summed E-state index contributed by atoms with van der Waals surface area (Å²) < 4.78 is 6.18. The number of ether oxygens (including phenoxy) is 1. The largest absolute Gasteiger partial charge is 0.378 e. The standard InChI is InChI=1S/C19H31NO/c1-2-4-16-6-8-18(9-7-16)15-21-19-12-10-17(11-13-19)5-3-14-20/h3,5,16-19H,2,4,6-13,15H2,1H3/t16-,17-,18-,19-. The van der Waals surface area contributed by atoms with E-state index in [1.165, 1.54) is 64.2 Å². The van der Waals surface area contributed by atoms with Gasteiger partial charge in [0.25, 0.3) is 0 Å². The third kappa shape index (κ3) is 5.83. The SMILES string of the molecule is CCC[C@H]1CC[C@H](CO[C@H]2CC[C@H](C=CC#N)CC2)CC1. The third-order valence-electron chi connectivity index (χ3n) is 5.39. The van der Waals surface area contributed by atoms with Gasteiger partial charge >= 0.3 is 0 Å². The molecule has 2 fully saturated rings. The molecule has 0 N–H and O–H groups in total. The Morgan fingerprint density at radius 3 is 2.29 bits per heavy atom. The first kappa shape index (κ1) is 16.6. The third-order valence-corrected chi connectivity index (χ3v) is 5.39. The molecule has 118 valence electrons. The molecule has 0 amide bonds. The van der Waals surface area contributed by atoms with Crippen molar-refractivity contribution in [2.24, 2.45) is 17.8 Å². The zero-order valence-corrected chi connectivity index (χ0v) is 13.6. The Bertz CT molecular complexity index is 341. The number of allylic oxidation sites excluding steroid dienone is 2. The molecule has 0 spiro atoms. The molecule has 0 aromatic carbocycles. The molecule has 0 heterocycles. The predicted octanol–water partition coefficient (Wildman–Crippen LogP) is 5.25. The molecular formula is C19H31NO. The van der Waals surface area contributed by atoms with Crippen LogP contribution in [0.4, 0.5) is 0 Å². The molecule has 0 atom stereocenters. The summed E-state index contributed by atoms with van der Waals surface area (Å²) in [5.74, 6) is 2.41. The second-order valence-electron chi connectivity index (χ2n) is 7.03. The van der Waals surface area contributed by atoms with Crippen molar-refractivity contribution in [3.8, 4) is 6.07 Å². The van der Waals surface area contributed by atoms with Crippen molar-refractivity contribution in [3.63, 3.8) is 0 Å². The van der Waals surface area contributed by atoms with Crippen LogP contribution >= 0.6 is 0 Å². The van der Waals surface area contributed by atoms with Gasteiger partial charge < -0.3 is 4.74 Å². The Balaban J connectivity index is 1.58. The summed E-state index contributed by atoms with van der Waals surface area (Å²) in [5, 5.41) is 8.57. The molecule has 2 aliphatic carbocycles. The van der Waals surface area contributed by atoms with Crippen LogP contribution in [0.1, 0.15) is 71.1 Å². The summed E-state index contributed by atoms with van der Waals surface area (Å²) in [6, 6.07) is 2.10. The zero-order valence-electron chi connectivity index (χ0n) is 13.6. The Hall–Kier alpha value is -0.810. The van der Waals surface area contributed by atoms with Crippen molar-refractivity contribution in [2.45, 2.75) is 77.2 Å². The summed E-state index contributed by atoms with van der Waals surface area (Å²) in [4.78, 5) is 0. The average molecular weight is 289 g/mol. The van der Waals surface area contributed by atoms with Gasteiger partial charge in [-0.25, -0.2) is 0 Å². The summed E-state index contributed by atoms with van der Waals surface area (Å²) in [6.07, 6.45) is 17.3. The highest BCUT2D eigenvalue weighted by Crippen LogP contribution is 2.33. The topological polar surface area (TPSA) is 33.0 Å². The Kier molecular flexibility index (Phi) is 7.30. The first-order valence-electron chi connectivity index (χ1n) is 8.99. The molecule has 2 aliphatic rings. The maximum absolute atomic E-state index is 8.57. The van der Waals surface area contributed by atoms with Crippen molar-refractivity contribution < 1.29 is 4.74 Å². The molecule has 0 aromatic rings. The van der Waals surface area contributed by atoms with Crippen LogP contribution in [0.5, 0.6) is 0 Å².